The Balaban J connectivity index is 2.91. The molecule has 1 rings (SSSR count). The molecule has 0 amide bonds. The fraction of sp³-hybridized carbons (Fsp3) is 0.455. The Hall–Kier alpha value is -1.17. The molecule has 1 aromatic rings. The van der Waals surface area contributed by atoms with Crippen LogP contribution in [0.25, 0.3) is 0 Å². The first-order chi connectivity index (χ1) is 7.71. The van der Waals surface area contributed by atoms with E-state index in [-0.39, 0.29) is 6.42 Å². The Morgan fingerprint density at radius 3 is 2.24 bits per heavy atom. The lowest BCUT2D eigenvalue weighted by Crippen LogP contribution is -2.31. The second kappa shape index (κ2) is 5.00. The number of nitrogens with two attached hydrogens (primary N) is 1. The molecule has 0 saturated carbocycles. The normalized spacial score (nSPS) is 14.1. The van der Waals surface area contributed by atoms with E-state index < -0.39 is 24.2 Å². The second-order valence-corrected chi connectivity index (χ2v) is 3.84. The van der Waals surface area contributed by atoms with Crippen molar-refractivity contribution in [2.75, 3.05) is 0 Å². The Morgan fingerprint density at radius 2 is 1.82 bits per heavy atom. The number of alkyl halides is 5. The van der Waals surface area contributed by atoms with Gasteiger partial charge in [-0.15, -0.1) is 0 Å². The van der Waals surface area contributed by atoms with Crippen molar-refractivity contribution in [1.82, 2.24) is 0 Å². The van der Waals surface area contributed by atoms with Gasteiger partial charge in [0.25, 0.3) is 6.43 Å². The fourth-order valence-corrected chi connectivity index (χ4v) is 1.44. The van der Waals surface area contributed by atoms with Crippen LogP contribution in [0.3, 0.4) is 0 Å². The molecule has 0 aromatic heterocycles. The summed E-state index contributed by atoms with van der Waals surface area (Å²) in [4.78, 5) is 0. The number of rotatable bonds is 3. The third-order valence-electron chi connectivity index (χ3n) is 2.45. The lowest BCUT2D eigenvalue weighted by Gasteiger charge is -2.14. The van der Waals surface area contributed by atoms with Crippen molar-refractivity contribution < 1.29 is 22.0 Å². The SMILES string of the molecule is Cc1cc(C(F)(F)F)ccc1CC(N)C(F)F. The molecule has 1 unspecified atom stereocenters. The molecule has 0 heterocycles. The van der Waals surface area contributed by atoms with E-state index in [2.05, 4.69) is 0 Å². The van der Waals surface area contributed by atoms with Crippen LogP contribution in [-0.2, 0) is 12.6 Å². The number of aryl methyl sites for hydroxylation is 1. The van der Waals surface area contributed by atoms with E-state index in [4.69, 9.17) is 5.73 Å². The van der Waals surface area contributed by atoms with E-state index in [0.29, 0.717) is 11.1 Å². The largest absolute Gasteiger partial charge is 0.416 e. The molecule has 0 radical (unpaired) electrons. The maximum Gasteiger partial charge on any atom is 0.416 e. The lowest BCUT2D eigenvalue weighted by molar-refractivity contribution is -0.137. The quantitative estimate of drug-likeness (QED) is 0.823. The van der Waals surface area contributed by atoms with E-state index in [0.717, 1.165) is 12.1 Å². The van der Waals surface area contributed by atoms with E-state index in [1.165, 1.54) is 13.0 Å². The van der Waals surface area contributed by atoms with Crippen molar-refractivity contribution >= 4 is 0 Å². The van der Waals surface area contributed by atoms with Crippen molar-refractivity contribution in [1.29, 1.82) is 0 Å². The molecule has 96 valence electrons. The monoisotopic (exact) mass is 253 g/mol. The summed E-state index contributed by atoms with van der Waals surface area (Å²) in [7, 11) is 0. The summed E-state index contributed by atoms with van der Waals surface area (Å²) in [5.74, 6) is 0. The summed E-state index contributed by atoms with van der Waals surface area (Å²) < 4.78 is 61.5. The smallest absolute Gasteiger partial charge is 0.323 e. The van der Waals surface area contributed by atoms with Gasteiger partial charge in [-0.3, -0.25) is 0 Å². The van der Waals surface area contributed by atoms with Gasteiger partial charge in [0, 0.05) is 0 Å². The Morgan fingerprint density at radius 1 is 1.24 bits per heavy atom. The molecule has 1 atom stereocenters. The molecule has 1 aromatic carbocycles. The second-order valence-electron chi connectivity index (χ2n) is 3.84. The van der Waals surface area contributed by atoms with Gasteiger partial charge in [-0.25, -0.2) is 8.78 Å². The first kappa shape index (κ1) is 13.9. The predicted molar refractivity (Wildman–Crippen MR) is 53.9 cm³/mol. The number of hydrogen-bond donors (Lipinski definition) is 1. The van der Waals surface area contributed by atoms with Crippen LogP contribution >= 0.6 is 0 Å². The summed E-state index contributed by atoms with van der Waals surface area (Å²) in [5, 5.41) is 0. The fourth-order valence-electron chi connectivity index (χ4n) is 1.44. The molecule has 6 heteroatoms. The van der Waals surface area contributed by atoms with Gasteiger partial charge < -0.3 is 5.73 Å². The average molecular weight is 253 g/mol. The first-order valence-electron chi connectivity index (χ1n) is 4.92. The zero-order chi connectivity index (χ0) is 13.2. The Kier molecular flexibility index (Phi) is 4.08. The van der Waals surface area contributed by atoms with Gasteiger partial charge in [-0.05, 0) is 36.6 Å². The third kappa shape index (κ3) is 3.66. The number of halogens is 5. The molecule has 0 saturated heterocycles. The zero-order valence-electron chi connectivity index (χ0n) is 9.06. The lowest BCUT2D eigenvalue weighted by atomic mass is 9.99. The van der Waals surface area contributed by atoms with Crippen LogP contribution < -0.4 is 5.73 Å². The summed E-state index contributed by atoms with van der Waals surface area (Å²) >= 11 is 0. The maximum absolute atomic E-state index is 12.3. The van der Waals surface area contributed by atoms with Crippen molar-refractivity contribution in [3.05, 3.63) is 34.9 Å². The molecular formula is C11H12F5N. The first-order valence-corrected chi connectivity index (χ1v) is 4.92. The van der Waals surface area contributed by atoms with E-state index in [1.54, 1.807) is 0 Å². The van der Waals surface area contributed by atoms with E-state index in [1.807, 2.05) is 0 Å². The van der Waals surface area contributed by atoms with Gasteiger partial charge in [-0.2, -0.15) is 13.2 Å². The van der Waals surface area contributed by atoms with E-state index >= 15 is 0 Å². The summed E-state index contributed by atoms with van der Waals surface area (Å²) in [6.45, 7) is 1.45. The number of hydrogen-bond acceptors (Lipinski definition) is 1. The van der Waals surface area contributed by atoms with Crippen molar-refractivity contribution in [2.45, 2.75) is 32.0 Å². The summed E-state index contributed by atoms with van der Waals surface area (Å²) in [6.07, 6.45) is -7.24. The van der Waals surface area contributed by atoms with Crippen LogP contribution in [0, 0.1) is 6.92 Å². The minimum absolute atomic E-state index is 0.137. The topological polar surface area (TPSA) is 26.0 Å². The summed E-state index contributed by atoms with van der Waals surface area (Å²) in [6, 6.07) is 1.65. The highest BCUT2D eigenvalue weighted by Crippen LogP contribution is 2.30. The molecule has 0 aliphatic rings. The van der Waals surface area contributed by atoms with Gasteiger partial charge in [0.15, 0.2) is 0 Å². The molecular weight excluding hydrogens is 241 g/mol. The van der Waals surface area contributed by atoms with Crippen LogP contribution in [0.5, 0.6) is 0 Å². The standard InChI is InChI=1S/C11H12F5N/c1-6-4-8(11(14,15)16)3-2-7(6)5-9(17)10(12)13/h2-4,9-10H,5,17H2,1H3. The van der Waals surface area contributed by atoms with Gasteiger partial charge in [0.05, 0.1) is 11.6 Å². The molecule has 0 bridgehead atoms. The maximum atomic E-state index is 12.3. The average Bonchev–Trinajstić information content (AvgIpc) is 2.19. The van der Waals surface area contributed by atoms with Crippen molar-refractivity contribution in [3.63, 3.8) is 0 Å². The molecule has 0 spiro atoms. The van der Waals surface area contributed by atoms with Gasteiger partial charge >= 0.3 is 6.18 Å². The van der Waals surface area contributed by atoms with Crippen LogP contribution in [-0.4, -0.2) is 12.5 Å². The van der Waals surface area contributed by atoms with Gasteiger partial charge in [0.2, 0.25) is 0 Å². The van der Waals surface area contributed by atoms with Crippen LogP contribution in [0.15, 0.2) is 18.2 Å². The molecule has 0 aliphatic carbocycles. The zero-order valence-corrected chi connectivity index (χ0v) is 9.06. The third-order valence-corrected chi connectivity index (χ3v) is 2.45. The predicted octanol–water partition coefficient (Wildman–Crippen LogP) is 3.15. The molecule has 17 heavy (non-hydrogen) atoms. The van der Waals surface area contributed by atoms with Crippen LogP contribution in [0.1, 0.15) is 16.7 Å². The minimum Gasteiger partial charge on any atom is -0.323 e. The van der Waals surface area contributed by atoms with Gasteiger partial charge in [-0.1, -0.05) is 6.07 Å². The molecule has 1 nitrogen and oxygen atoms in total. The molecule has 0 aliphatic heterocycles. The van der Waals surface area contributed by atoms with Crippen LogP contribution in [0.2, 0.25) is 0 Å². The van der Waals surface area contributed by atoms with Crippen molar-refractivity contribution in [3.8, 4) is 0 Å². The van der Waals surface area contributed by atoms with E-state index in [9.17, 15) is 22.0 Å². The highest BCUT2D eigenvalue weighted by molar-refractivity contribution is 5.33. The van der Waals surface area contributed by atoms with Crippen molar-refractivity contribution in [2.24, 2.45) is 5.73 Å². The van der Waals surface area contributed by atoms with Gasteiger partial charge in [0.1, 0.15) is 0 Å². The summed E-state index contributed by atoms with van der Waals surface area (Å²) in [5.41, 5.74) is 5.11. The van der Waals surface area contributed by atoms with Crippen LogP contribution in [0.4, 0.5) is 22.0 Å². The molecule has 2 N–H and O–H groups in total. The Labute approximate surface area is 95.4 Å². The minimum atomic E-state index is -4.42. The highest BCUT2D eigenvalue weighted by Gasteiger charge is 2.30. The molecule has 0 fully saturated rings. The number of benzene rings is 1. The highest BCUT2D eigenvalue weighted by atomic mass is 19.4. The Bertz CT molecular complexity index is 386.